The number of methoxy groups -OCH3 is 1. The van der Waals surface area contributed by atoms with Gasteiger partial charge in [-0.05, 0) is 12.1 Å². The number of nitrogens with zero attached hydrogens (tertiary/aromatic N) is 2. The molecule has 5 heteroatoms. The van der Waals surface area contributed by atoms with Crippen LogP contribution in [0.1, 0.15) is 10.5 Å². The van der Waals surface area contributed by atoms with Crippen molar-refractivity contribution in [2.24, 2.45) is 0 Å². The Morgan fingerprint density at radius 1 is 1.09 bits per heavy atom. The molecule has 0 radical (unpaired) electrons. The van der Waals surface area contributed by atoms with Crippen LogP contribution < -0.4 is 4.74 Å². The molecule has 0 saturated carbocycles. The number of carbonyl (C=O) groups is 1. The van der Waals surface area contributed by atoms with E-state index >= 15 is 0 Å². The van der Waals surface area contributed by atoms with Gasteiger partial charge in [-0.15, -0.1) is 0 Å². The summed E-state index contributed by atoms with van der Waals surface area (Å²) in [5, 5.41) is 9.24. The normalized spacial score (nSPS) is 10.4. The predicted octanol–water partition coefficient (Wildman–Crippen LogP) is 3.25. The molecule has 1 aromatic heterocycles. The van der Waals surface area contributed by atoms with Gasteiger partial charge in [-0.3, -0.25) is 4.57 Å². The molecular formula is C17H14N2O3. The maximum absolute atomic E-state index is 11.3. The number of carboxylic acid groups (broad SMARTS) is 1. The molecule has 0 spiro atoms. The molecule has 5 nitrogen and oxygen atoms in total. The fourth-order valence-corrected chi connectivity index (χ4v) is 2.29. The van der Waals surface area contributed by atoms with Gasteiger partial charge >= 0.3 is 5.97 Å². The third-order valence-corrected chi connectivity index (χ3v) is 3.30. The summed E-state index contributed by atoms with van der Waals surface area (Å²) in [5.41, 5.74) is 1.56. The number of imidazole rings is 1. The third kappa shape index (κ3) is 2.44. The number of benzene rings is 2. The van der Waals surface area contributed by atoms with E-state index in [0.717, 1.165) is 11.3 Å². The molecule has 0 saturated heterocycles. The molecule has 3 aromatic rings. The van der Waals surface area contributed by atoms with Crippen molar-refractivity contribution in [1.29, 1.82) is 0 Å². The molecule has 0 amide bonds. The zero-order valence-electron chi connectivity index (χ0n) is 11.9. The summed E-state index contributed by atoms with van der Waals surface area (Å²) in [5.74, 6) is 0.141. The van der Waals surface area contributed by atoms with Gasteiger partial charge < -0.3 is 9.84 Å². The Kier molecular flexibility index (Phi) is 3.62. The van der Waals surface area contributed by atoms with Crippen molar-refractivity contribution < 1.29 is 14.6 Å². The van der Waals surface area contributed by atoms with Crippen LogP contribution in [-0.4, -0.2) is 27.7 Å². The fourth-order valence-electron chi connectivity index (χ4n) is 2.29. The lowest BCUT2D eigenvalue weighted by atomic mass is 10.2. The maximum Gasteiger partial charge on any atom is 0.356 e. The lowest BCUT2D eigenvalue weighted by Crippen LogP contribution is -1.99. The number of hydrogen-bond acceptors (Lipinski definition) is 3. The van der Waals surface area contributed by atoms with Gasteiger partial charge in [0, 0.05) is 11.8 Å². The van der Waals surface area contributed by atoms with Gasteiger partial charge in [0.2, 0.25) is 0 Å². The third-order valence-electron chi connectivity index (χ3n) is 3.30. The van der Waals surface area contributed by atoms with Gasteiger partial charge in [0.25, 0.3) is 0 Å². The first kappa shape index (κ1) is 13.9. The minimum absolute atomic E-state index is 0.00948. The monoisotopic (exact) mass is 294 g/mol. The van der Waals surface area contributed by atoms with E-state index in [1.165, 1.54) is 6.20 Å². The summed E-state index contributed by atoms with van der Waals surface area (Å²) in [6.07, 6.45) is 1.50. The molecule has 1 heterocycles. The summed E-state index contributed by atoms with van der Waals surface area (Å²) in [4.78, 5) is 15.5. The minimum atomic E-state index is -1.06. The number of aromatic nitrogens is 2. The fraction of sp³-hybridized carbons (Fsp3) is 0.0588. The van der Waals surface area contributed by atoms with E-state index in [4.69, 9.17) is 4.74 Å². The SMILES string of the molecule is COc1ccccc1-n1cc(C(=O)O)nc1-c1ccccc1. The van der Waals surface area contributed by atoms with E-state index in [1.807, 2.05) is 54.6 Å². The molecule has 0 aliphatic rings. The van der Waals surface area contributed by atoms with Crippen molar-refractivity contribution in [3.05, 3.63) is 66.5 Å². The van der Waals surface area contributed by atoms with Crippen LogP contribution in [0.3, 0.4) is 0 Å². The number of aromatic carboxylic acids is 1. The Labute approximate surface area is 127 Å². The summed E-state index contributed by atoms with van der Waals surface area (Å²) < 4.78 is 7.10. The Hall–Kier alpha value is -3.08. The van der Waals surface area contributed by atoms with Crippen molar-refractivity contribution in [2.45, 2.75) is 0 Å². The van der Waals surface area contributed by atoms with Gasteiger partial charge in [0.1, 0.15) is 11.6 Å². The highest BCUT2D eigenvalue weighted by Crippen LogP contribution is 2.28. The first-order valence-electron chi connectivity index (χ1n) is 6.72. The Bertz CT molecular complexity index is 810. The molecule has 0 aliphatic carbocycles. The van der Waals surface area contributed by atoms with E-state index in [-0.39, 0.29) is 5.69 Å². The molecule has 22 heavy (non-hydrogen) atoms. The quantitative estimate of drug-likeness (QED) is 0.802. The smallest absolute Gasteiger partial charge is 0.356 e. The predicted molar refractivity (Wildman–Crippen MR) is 82.5 cm³/mol. The molecule has 110 valence electrons. The number of ether oxygens (including phenoxy) is 1. The first-order valence-corrected chi connectivity index (χ1v) is 6.72. The van der Waals surface area contributed by atoms with E-state index in [9.17, 15) is 9.90 Å². The van der Waals surface area contributed by atoms with Crippen molar-refractivity contribution >= 4 is 5.97 Å². The molecule has 0 atom stereocenters. The van der Waals surface area contributed by atoms with Gasteiger partial charge in [0.15, 0.2) is 5.69 Å². The van der Waals surface area contributed by atoms with Gasteiger partial charge in [-0.25, -0.2) is 9.78 Å². The number of hydrogen-bond donors (Lipinski definition) is 1. The molecule has 0 aliphatic heterocycles. The molecule has 2 aromatic carbocycles. The van der Waals surface area contributed by atoms with Gasteiger partial charge in [-0.1, -0.05) is 42.5 Å². The Morgan fingerprint density at radius 2 is 1.77 bits per heavy atom. The average molecular weight is 294 g/mol. The van der Waals surface area contributed by atoms with E-state index in [0.29, 0.717) is 11.6 Å². The second-order valence-corrected chi connectivity index (χ2v) is 4.66. The lowest BCUT2D eigenvalue weighted by molar-refractivity contribution is 0.0691. The summed E-state index contributed by atoms with van der Waals surface area (Å²) in [7, 11) is 1.58. The topological polar surface area (TPSA) is 64.3 Å². The molecule has 3 rings (SSSR count). The van der Waals surface area contributed by atoms with Crippen molar-refractivity contribution in [3.8, 4) is 22.8 Å². The standard InChI is InChI=1S/C17H14N2O3/c1-22-15-10-6-5-9-14(15)19-11-13(17(20)21)18-16(19)12-7-3-2-4-8-12/h2-11H,1H3,(H,20,21). The van der Waals surface area contributed by atoms with Crippen LogP contribution in [-0.2, 0) is 0 Å². The highest BCUT2D eigenvalue weighted by atomic mass is 16.5. The lowest BCUT2D eigenvalue weighted by Gasteiger charge is -2.11. The molecule has 0 unspecified atom stereocenters. The van der Waals surface area contributed by atoms with Crippen LogP contribution in [0.15, 0.2) is 60.8 Å². The maximum atomic E-state index is 11.3. The largest absolute Gasteiger partial charge is 0.495 e. The highest BCUT2D eigenvalue weighted by Gasteiger charge is 2.17. The van der Waals surface area contributed by atoms with E-state index in [2.05, 4.69) is 4.98 Å². The number of para-hydroxylation sites is 2. The Morgan fingerprint density at radius 3 is 2.45 bits per heavy atom. The van der Waals surface area contributed by atoms with Crippen LogP contribution in [0.4, 0.5) is 0 Å². The van der Waals surface area contributed by atoms with Crippen LogP contribution in [0.2, 0.25) is 0 Å². The zero-order valence-corrected chi connectivity index (χ0v) is 11.9. The van der Waals surface area contributed by atoms with Crippen LogP contribution in [0.25, 0.3) is 17.1 Å². The summed E-state index contributed by atoms with van der Waals surface area (Å²) in [6.45, 7) is 0. The Balaban J connectivity index is 2.24. The van der Waals surface area contributed by atoms with Gasteiger partial charge in [-0.2, -0.15) is 0 Å². The van der Waals surface area contributed by atoms with Crippen LogP contribution >= 0.6 is 0 Å². The average Bonchev–Trinajstić information content (AvgIpc) is 3.01. The number of rotatable bonds is 4. The molecular weight excluding hydrogens is 280 g/mol. The highest BCUT2D eigenvalue weighted by molar-refractivity contribution is 5.86. The zero-order chi connectivity index (χ0) is 15.5. The van der Waals surface area contributed by atoms with Crippen LogP contribution in [0, 0.1) is 0 Å². The molecule has 0 bridgehead atoms. The van der Waals surface area contributed by atoms with Crippen LogP contribution in [0.5, 0.6) is 5.75 Å². The number of carboxylic acids is 1. The van der Waals surface area contributed by atoms with Crippen molar-refractivity contribution in [1.82, 2.24) is 9.55 Å². The second kappa shape index (κ2) is 5.73. The minimum Gasteiger partial charge on any atom is -0.495 e. The summed E-state index contributed by atoms with van der Waals surface area (Å²) >= 11 is 0. The second-order valence-electron chi connectivity index (χ2n) is 4.66. The van der Waals surface area contributed by atoms with Crippen molar-refractivity contribution in [3.63, 3.8) is 0 Å². The van der Waals surface area contributed by atoms with E-state index < -0.39 is 5.97 Å². The summed E-state index contributed by atoms with van der Waals surface area (Å²) in [6, 6.07) is 16.9. The van der Waals surface area contributed by atoms with Gasteiger partial charge in [0.05, 0.1) is 12.8 Å². The van der Waals surface area contributed by atoms with E-state index in [1.54, 1.807) is 11.7 Å². The van der Waals surface area contributed by atoms with Crippen molar-refractivity contribution in [2.75, 3.05) is 7.11 Å². The molecule has 1 N–H and O–H groups in total. The first-order chi connectivity index (χ1) is 10.7. The molecule has 0 fully saturated rings.